The van der Waals surface area contributed by atoms with Gasteiger partial charge in [-0.05, 0) is 82.9 Å². The standard InChI is InChI=1S/C32H51N3O4/c1-11-13-20-33-29(36)28(26-18-16-25(12-2)17-19-26)35(24(7)15-14-22(3)4)30(37)27(21-23(5)6)34-31(38)39-32(8,9)10/h2,16-19,22-24,27-28H,11,13-15,20-21H2,1,3-10H3,(H,33,36)(H,34,38). The zero-order valence-electron chi connectivity index (χ0n) is 25.6. The van der Waals surface area contributed by atoms with Gasteiger partial charge in [-0.15, -0.1) is 6.42 Å². The highest BCUT2D eigenvalue weighted by atomic mass is 16.6. The molecule has 0 bridgehead atoms. The molecule has 7 nitrogen and oxygen atoms in total. The van der Waals surface area contributed by atoms with Crippen LogP contribution in [0.2, 0.25) is 0 Å². The number of alkyl carbamates (subject to hydrolysis) is 1. The Labute approximate surface area is 236 Å². The second kappa shape index (κ2) is 16.2. The molecule has 39 heavy (non-hydrogen) atoms. The lowest BCUT2D eigenvalue weighted by Gasteiger charge is -2.39. The highest BCUT2D eigenvalue weighted by Gasteiger charge is 2.39. The van der Waals surface area contributed by atoms with Gasteiger partial charge < -0.3 is 20.3 Å². The molecule has 218 valence electrons. The normalized spacial score (nSPS) is 13.8. The minimum absolute atomic E-state index is 0.119. The van der Waals surface area contributed by atoms with E-state index in [0.717, 1.165) is 19.3 Å². The number of nitrogens with one attached hydrogen (secondary N) is 2. The Hall–Kier alpha value is -3.01. The lowest BCUT2D eigenvalue weighted by atomic mass is 9.95. The van der Waals surface area contributed by atoms with Crippen LogP contribution in [-0.2, 0) is 14.3 Å². The van der Waals surface area contributed by atoms with Crippen molar-refractivity contribution in [2.75, 3.05) is 6.54 Å². The zero-order valence-corrected chi connectivity index (χ0v) is 25.6. The van der Waals surface area contributed by atoms with E-state index < -0.39 is 23.8 Å². The second-order valence-corrected chi connectivity index (χ2v) is 12.2. The highest BCUT2D eigenvalue weighted by Crippen LogP contribution is 2.29. The van der Waals surface area contributed by atoms with Crippen LogP contribution in [0.15, 0.2) is 24.3 Å². The predicted molar refractivity (Wildman–Crippen MR) is 158 cm³/mol. The first-order valence-corrected chi connectivity index (χ1v) is 14.4. The lowest BCUT2D eigenvalue weighted by Crippen LogP contribution is -2.56. The molecule has 0 aliphatic carbocycles. The number of nitrogens with zero attached hydrogens (tertiary/aromatic N) is 1. The average Bonchev–Trinajstić information content (AvgIpc) is 2.83. The number of ether oxygens (including phenoxy) is 1. The van der Waals surface area contributed by atoms with Crippen molar-refractivity contribution in [3.8, 4) is 12.3 Å². The number of benzene rings is 1. The fourth-order valence-electron chi connectivity index (χ4n) is 4.32. The van der Waals surface area contributed by atoms with Crippen LogP contribution in [0, 0.1) is 24.2 Å². The first kappa shape index (κ1) is 34.0. The molecular weight excluding hydrogens is 490 g/mol. The minimum Gasteiger partial charge on any atom is -0.444 e. The molecule has 3 amide bonds. The van der Waals surface area contributed by atoms with Gasteiger partial charge in [-0.3, -0.25) is 9.59 Å². The van der Waals surface area contributed by atoms with E-state index in [1.54, 1.807) is 37.8 Å². The van der Waals surface area contributed by atoms with Crippen molar-refractivity contribution in [2.24, 2.45) is 11.8 Å². The van der Waals surface area contributed by atoms with Crippen LogP contribution < -0.4 is 10.6 Å². The van der Waals surface area contributed by atoms with Crippen LogP contribution in [-0.4, -0.2) is 47.0 Å². The third-order valence-electron chi connectivity index (χ3n) is 6.34. The van der Waals surface area contributed by atoms with Crippen molar-refractivity contribution in [1.82, 2.24) is 15.5 Å². The first-order chi connectivity index (χ1) is 18.2. The minimum atomic E-state index is -0.876. The molecule has 0 aliphatic rings. The Kier molecular flexibility index (Phi) is 14.1. The van der Waals surface area contributed by atoms with E-state index in [1.165, 1.54) is 0 Å². The van der Waals surface area contributed by atoms with Gasteiger partial charge in [0.15, 0.2) is 0 Å². The molecule has 0 spiro atoms. The van der Waals surface area contributed by atoms with Crippen LogP contribution in [0.25, 0.3) is 0 Å². The van der Waals surface area contributed by atoms with Gasteiger partial charge in [0.25, 0.3) is 0 Å². The summed E-state index contributed by atoms with van der Waals surface area (Å²) in [6.07, 6.45) is 8.70. The number of terminal acetylenes is 1. The summed E-state index contributed by atoms with van der Waals surface area (Å²) in [5.41, 5.74) is 0.660. The number of rotatable bonds is 14. The lowest BCUT2D eigenvalue weighted by molar-refractivity contribution is -0.145. The summed E-state index contributed by atoms with van der Waals surface area (Å²) < 4.78 is 5.48. The van der Waals surface area contributed by atoms with Crippen molar-refractivity contribution in [3.05, 3.63) is 35.4 Å². The molecule has 3 atom stereocenters. The second-order valence-electron chi connectivity index (χ2n) is 12.2. The predicted octanol–water partition coefficient (Wildman–Crippen LogP) is 6.22. The molecule has 1 rings (SSSR count). The summed E-state index contributed by atoms with van der Waals surface area (Å²) in [6, 6.07) is 5.21. The van der Waals surface area contributed by atoms with Gasteiger partial charge in [0.1, 0.15) is 17.7 Å². The molecule has 0 aromatic heterocycles. The van der Waals surface area contributed by atoms with Crippen molar-refractivity contribution >= 4 is 17.9 Å². The molecule has 1 aromatic carbocycles. The van der Waals surface area contributed by atoms with E-state index in [2.05, 4.69) is 37.3 Å². The Balaban J connectivity index is 3.61. The van der Waals surface area contributed by atoms with Crippen LogP contribution in [0.3, 0.4) is 0 Å². The highest BCUT2D eigenvalue weighted by molar-refractivity contribution is 5.92. The van der Waals surface area contributed by atoms with Gasteiger partial charge >= 0.3 is 6.09 Å². The number of hydrogen-bond acceptors (Lipinski definition) is 4. The Bertz CT molecular complexity index is 957. The smallest absolute Gasteiger partial charge is 0.408 e. The molecule has 7 heteroatoms. The van der Waals surface area contributed by atoms with E-state index in [9.17, 15) is 14.4 Å². The van der Waals surface area contributed by atoms with Gasteiger partial charge in [0.05, 0.1) is 0 Å². The summed E-state index contributed by atoms with van der Waals surface area (Å²) in [7, 11) is 0. The van der Waals surface area contributed by atoms with Crippen molar-refractivity contribution in [3.63, 3.8) is 0 Å². The van der Waals surface area contributed by atoms with Crippen LogP contribution >= 0.6 is 0 Å². The fourth-order valence-corrected chi connectivity index (χ4v) is 4.32. The van der Waals surface area contributed by atoms with E-state index in [1.807, 2.05) is 32.9 Å². The maximum absolute atomic E-state index is 14.4. The maximum Gasteiger partial charge on any atom is 0.408 e. The third-order valence-corrected chi connectivity index (χ3v) is 6.34. The van der Waals surface area contributed by atoms with Gasteiger partial charge in [-0.1, -0.05) is 59.1 Å². The molecule has 3 unspecified atom stereocenters. The molecule has 0 fully saturated rings. The van der Waals surface area contributed by atoms with Crippen LogP contribution in [0.4, 0.5) is 4.79 Å². The van der Waals surface area contributed by atoms with Gasteiger partial charge in [0, 0.05) is 18.2 Å². The molecular formula is C32H51N3O4. The molecule has 1 aromatic rings. The van der Waals surface area contributed by atoms with Crippen molar-refractivity contribution in [2.45, 2.75) is 118 Å². The largest absolute Gasteiger partial charge is 0.444 e. The fraction of sp³-hybridized carbons (Fsp3) is 0.656. The van der Waals surface area contributed by atoms with E-state index in [4.69, 9.17) is 11.2 Å². The SMILES string of the molecule is C#Cc1ccc(C(C(=O)NCCCC)N(C(=O)C(CC(C)C)NC(=O)OC(C)(C)C)C(C)CCC(C)C)cc1. The van der Waals surface area contributed by atoms with E-state index in [0.29, 0.717) is 36.4 Å². The number of carbonyl (C=O) groups excluding carboxylic acids is 3. The summed E-state index contributed by atoms with van der Waals surface area (Å²) in [5.74, 6) is 2.61. The number of unbranched alkanes of at least 4 members (excludes halogenated alkanes) is 1. The van der Waals surface area contributed by atoms with Crippen molar-refractivity contribution in [1.29, 1.82) is 0 Å². The first-order valence-electron chi connectivity index (χ1n) is 14.4. The summed E-state index contributed by atoms with van der Waals surface area (Å²) in [5, 5.41) is 5.84. The number of hydrogen-bond donors (Lipinski definition) is 2. The quantitative estimate of drug-likeness (QED) is 0.216. The average molecular weight is 542 g/mol. The van der Waals surface area contributed by atoms with Crippen LogP contribution in [0.1, 0.15) is 112 Å². The maximum atomic E-state index is 14.4. The van der Waals surface area contributed by atoms with E-state index >= 15 is 0 Å². The Morgan fingerprint density at radius 2 is 1.62 bits per heavy atom. The number of amides is 3. The molecule has 2 N–H and O–H groups in total. The van der Waals surface area contributed by atoms with E-state index in [-0.39, 0.29) is 23.8 Å². The van der Waals surface area contributed by atoms with Crippen LogP contribution in [0.5, 0.6) is 0 Å². The topological polar surface area (TPSA) is 87.7 Å². The molecule has 0 radical (unpaired) electrons. The van der Waals surface area contributed by atoms with Gasteiger partial charge in [0.2, 0.25) is 11.8 Å². The Morgan fingerprint density at radius 1 is 1.00 bits per heavy atom. The summed E-state index contributed by atoms with van der Waals surface area (Å²) >= 11 is 0. The molecule has 0 saturated carbocycles. The summed E-state index contributed by atoms with van der Waals surface area (Å²) in [6.45, 7) is 18.2. The Morgan fingerprint density at radius 3 is 2.10 bits per heavy atom. The van der Waals surface area contributed by atoms with Gasteiger partial charge in [-0.25, -0.2) is 4.79 Å². The molecule has 0 heterocycles. The molecule has 0 saturated heterocycles. The zero-order chi connectivity index (χ0) is 29.8. The monoisotopic (exact) mass is 541 g/mol. The summed E-state index contributed by atoms with van der Waals surface area (Å²) in [4.78, 5) is 42.6. The van der Waals surface area contributed by atoms with Gasteiger partial charge in [-0.2, -0.15) is 0 Å². The number of carbonyl (C=O) groups is 3. The molecule has 0 aliphatic heterocycles. The van der Waals surface area contributed by atoms with Crippen molar-refractivity contribution < 1.29 is 19.1 Å². The third kappa shape index (κ3) is 12.1.